The average molecular weight is 317 g/mol. The Morgan fingerprint density at radius 3 is 2.60 bits per heavy atom. The maximum atomic E-state index is 12.1. The second-order valence-corrected chi connectivity index (χ2v) is 8.84. The Balaban J connectivity index is 2.15. The quantitative estimate of drug-likeness (QED) is 0.872. The molecule has 1 saturated carbocycles. The van der Waals surface area contributed by atoms with Gasteiger partial charge in [-0.15, -0.1) is 0 Å². The lowest BCUT2D eigenvalue weighted by Crippen LogP contribution is -2.29. The minimum Gasteiger partial charge on any atom is -0.382 e. The van der Waals surface area contributed by atoms with Crippen molar-refractivity contribution < 1.29 is 8.42 Å². The molecule has 3 N–H and O–H groups in total. The number of nitrogens with zero attached hydrogens (tertiary/aromatic N) is 1. The predicted molar refractivity (Wildman–Crippen MR) is 83.9 cm³/mol. The van der Waals surface area contributed by atoms with Crippen LogP contribution in [0.25, 0.3) is 0 Å². The molecule has 1 fully saturated rings. The van der Waals surface area contributed by atoms with E-state index in [1.807, 2.05) is 0 Å². The number of nitrogen functional groups attached to an aromatic ring is 1. The van der Waals surface area contributed by atoms with E-state index in [-0.39, 0.29) is 21.9 Å². The molecule has 1 aliphatic rings. The fourth-order valence-corrected chi connectivity index (χ4v) is 4.89. The second kappa shape index (κ2) is 5.89. The summed E-state index contributed by atoms with van der Waals surface area (Å²) in [7, 11) is -3.33. The lowest BCUT2D eigenvalue weighted by Gasteiger charge is -2.33. The summed E-state index contributed by atoms with van der Waals surface area (Å²) < 4.78 is 28.2. The smallest absolute Gasteiger partial charge is 0.184 e. The highest BCUT2D eigenvalue weighted by Gasteiger charge is 2.29. The summed E-state index contributed by atoms with van der Waals surface area (Å²) in [6.45, 7) is 4.66. The van der Waals surface area contributed by atoms with Gasteiger partial charge in [0.15, 0.2) is 15.7 Å². The summed E-state index contributed by atoms with van der Waals surface area (Å²) in [4.78, 5) is 0.185. The number of hydrogen-bond donors (Lipinski definition) is 2. The van der Waals surface area contributed by atoms with Gasteiger partial charge in [-0.3, -0.25) is 0 Å². The molecule has 2 rings (SSSR count). The Hall–Kier alpha value is -0.820. The van der Waals surface area contributed by atoms with Crippen LogP contribution in [-0.4, -0.2) is 25.1 Å². The lowest BCUT2D eigenvalue weighted by molar-refractivity contribution is 0.233. The minimum absolute atomic E-state index is 0.0432. The molecule has 1 aromatic rings. The fraction of sp³-hybridized carbons (Fsp3) is 0.769. The van der Waals surface area contributed by atoms with Crippen molar-refractivity contribution in [2.75, 3.05) is 23.3 Å². The Morgan fingerprint density at radius 1 is 1.35 bits per heavy atom. The van der Waals surface area contributed by atoms with E-state index in [1.54, 1.807) is 6.92 Å². The number of anilines is 2. The van der Waals surface area contributed by atoms with Crippen LogP contribution in [0.3, 0.4) is 0 Å². The van der Waals surface area contributed by atoms with Crippen molar-refractivity contribution in [2.45, 2.75) is 50.8 Å². The summed E-state index contributed by atoms with van der Waals surface area (Å²) >= 11 is 1.14. The molecule has 0 amide bonds. The number of hydrogen-bond acceptors (Lipinski definition) is 6. The van der Waals surface area contributed by atoms with Crippen LogP contribution in [0.5, 0.6) is 0 Å². The third-order valence-electron chi connectivity index (χ3n) is 4.10. The summed E-state index contributed by atoms with van der Waals surface area (Å²) in [6, 6.07) is 0. The van der Waals surface area contributed by atoms with Crippen LogP contribution in [0.2, 0.25) is 0 Å². The monoisotopic (exact) mass is 317 g/mol. The van der Waals surface area contributed by atoms with Crippen molar-refractivity contribution >= 4 is 32.2 Å². The Bertz CT molecular complexity index is 560. The molecule has 20 heavy (non-hydrogen) atoms. The van der Waals surface area contributed by atoms with Gasteiger partial charge < -0.3 is 11.1 Å². The van der Waals surface area contributed by atoms with Gasteiger partial charge in [0, 0.05) is 6.54 Å². The van der Waals surface area contributed by atoms with Gasteiger partial charge in [0.25, 0.3) is 0 Å². The van der Waals surface area contributed by atoms with Crippen molar-refractivity contribution in [3.05, 3.63) is 0 Å². The number of nitrogens with two attached hydrogens (primary N) is 1. The van der Waals surface area contributed by atoms with Crippen LogP contribution < -0.4 is 11.1 Å². The van der Waals surface area contributed by atoms with E-state index in [2.05, 4.69) is 16.6 Å². The van der Waals surface area contributed by atoms with Gasteiger partial charge >= 0.3 is 0 Å². The normalized spacial score (nSPS) is 18.9. The van der Waals surface area contributed by atoms with E-state index in [0.717, 1.165) is 18.1 Å². The molecule has 0 aromatic carbocycles. The molecule has 0 aliphatic heterocycles. The SMILES string of the molecule is CCS(=O)(=O)c1c(N)nsc1NCC1(C)CCCCC1. The van der Waals surface area contributed by atoms with Gasteiger partial charge in [0.1, 0.15) is 9.90 Å². The predicted octanol–water partition coefficient (Wildman–Crippen LogP) is 2.90. The van der Waals surface area contributed by atoms with Crippen molar-refractivity contribution in [2.24, 2.45) is 5.41 Å². The lowest BCUT2D eigenvalue weighted by atomic mass is 9.76. The zero-order valence-corrected chi connectivity index (χ0v) is 13.7. The van der Waals surface area contributed by atoms with Crippen molar-refractivity contribution in [3.8, 4) is 0 Å². The minimum atomic E-state index is -3.33. The highest BCUT2D eigenvalue weighted by atomic mass is 32.2. The van der Waals surface area contributed by atoms with Crippen LogP contribution in [0, 0.1) is 5.41 Å². The molecule has 0 radical (unpaired) electrons. The average Bonchev–Trinajstić information content (AvgIpc) is 2.79. The summed E-state index contributed by atoms with van der Waals surface area (Å²) in [5.41, 5.74) is 5.97. The van der Waals surface area contributed by atoms with Gasteiger partial charge in [-0.1, -0.05) is 33.1 Å². The fourth-order valence-electron chi connectivity index (χ4n) is 2.73. The van der Waals surface area contributed by atoms with Crippen LogP contribution in [0.4, 0.5) is 10.8 Å². The van der Waals surface area contributed by atoms with Crippen LogP contribution in [0.1, 0.15) is 46.0 Å². The van der Waals surface area contributed by atoms with Crippen molar-refractivity contribution in [3.63, 3.8) is 0 Å². The molecular weight excluding hydrogens is 294 g/mol. The molecule has 1 heterocycles. The molecule has 5 nitrogen and oxygen atoms in total. The van der Waals surface area contributed by atoms with E-state index in [1.165, 1.54) is 32.1 Å². The standard InChI is InChI=1S/C13H23N3O2S2/c1-3-20(17,18)10-11(14)16-19-12(10)15-9-13(2)7-5-4-6-8-13/h15H,3-9H2,1-2H3,(H2,14,16). The first-order valence-electron chi connectivity index (χ1n) is 7.10. The Labute approximate surface area is 125 Å². The van der Waals surface area contributed by atoms with Gasteiger partial charge in [0.2, 0.25) is 0 Å². The topological polar surface area (TPSA) is 85.1 Å². The molecule has 0 atom stereocenters. The first-order valence-corrected chi connectivity index (χ1v) is 9.52. The first-order chi connectivity index (χ1) is 9.38. The molecule has 1 aromatic heterocycles. The summed E-state index contributed by atoms with van der Waals surface area (Å²) in [5.74, 6) is 0.162. The first kappa shape index (κ1) is 15.6. The zero-order chi connectivity index (χ0) is 14.8. The van der Waals surface area contributed by atoms with Crippen molar-refractivity contribution in [1.82, 2.24) is 4.37 Å². The molecule has 7 heteroatoms. The number of nitrogens with one attached hydrogen (secondary N) is 1. The molecule has 0 saturated heterocycles. The summed E-state index contributed by atoms with van der Waals surface area (Å²) in [5, 5.41) is 3.88. The van der Waals surface area contributed by atoms with E-state index in [4.69, 9.17) is 5.73 Å². The molecular formula is C13H23N3O2S2. The highest BCUT2D eigenvalue weighted by molar-refractivity contribution is 7.91. The van der Waals surface area contributed by atoms with E-state index >= 15 is 0 Å². The highest BCUT2D eigenvalue weighted by Crippen LogP contribution is 2.38. The maximum Gasteiger partial charge on any atom is 0.184 e. The van der Waals surface area contributed by atoms with Crippen molar-refractivity contribution in [1.29, 1.82) is 0 Å². The largest absolute Gasteiger partial charge is 0.382 e. The van der Waals surface area contributed by atoms with Crippen LogP contribution >= 0.6 is 11.5 Å². The van der Waals surface area contributed by atoms with Gasteiger partial charge in [-0.25, -0.2) is 8.42 Å². The van der Waals surface area contributed by atoms with E-state index in [9.17, 15) is 8.42 Å². The maximum absolute atomic E-state index is 12.1. The molecule has 0 bridgehead atoms. The van der Waals surface area contributed by atoms with Crippen LogP contribution in [0.15, 0.2) is 4.90 Å². The summed E-state index contributed by atoms with van der Waals surface area (Å²) in [6.07, 6.45) is 6.18. The Morgan fingerprint density at radius 2 is 2.00 bits per heavy atom. The Kier molecular flexibility index (Phi) is 4.59. The molecule has 114 valence electrons. The van der Waals surface area contributed by atoms with Crippen LogP contribution in [-0.2, 0) is 9.84 Å². The molecule has 0 spiro atoms. The molecule has 1 aliphatic carbocycles. The van der Waals surface area contributed by atoms with Gasteiger partial charge in [0.05, 0.1) is 5.75 Å². The number of aromatic nitrogens is 1. The number of sulfone groups is 1. The van der Waals surface area contributed by atoms with Gasteiger partial charge in [-0.05, 0) is 29.8 Å². The van der Waals surface area contributed by atoms with E-state index in [0.29, 0.717) is 5.00 Å². The number of rotatable bonds is 5. The second-order valence-electron chi connectivity index (χ2n) is 5.85. The third-order valence-corrected chi connectivity index (χ3v) is 6.85. The van der Waals surface area contributed by atoms with E-state index < -0.39 is 9.84 Å². The zero-order valence-electron chi connectivity index (χ0n) is 12.1. The van der Waals surface area contributed by atoms with Gasteiger partial charge in [-0.2, -0.15) is 4.37 Å². The third kappa shape index (κ3) is 3.25. The molecule has 0 unspecified atom stereocenters.